The minimum Gasteiger partial charge on any atom is -0.336 e. The molecule has 1 aliphatic heterocycles. The lowest BCUT2D eigenvalue weighted by atomic mass is 9.97. The molecule has 2 amide bonds. The van der Waals surface area contributed by atoms with Gasteiger partial charge < -0.3 is 14.8 Å². The van der Waals surface area contributed by atoms with Gasteiger partial charge in [-0.1, -0.05) is 37.3 Å². The molecule has 0 fully saturated rings. The second kappa shape index (κ2) is 9.91. The first kappa shape index (κ1) is 22.0. The average molecular weight is 450 g/mol. The number of benzene rings is 1. The highest BCUT2D eigenvalue weighted by molar-refractivity contribution is 7.16. The number of nitrogens with zero attached hydrogens (tertiary/aromatic N) is 4. The van der Waals surface area contributed by atoms with Crippen LogP contribution in [0.4, 0.5) is 5.00 Å². The van der Waals surface area contributed by atoms with E-state index >= 15 is 0 Å². The van der Waals surface area contributed by atoms with Crippen molar-refractivity contribution in [1.29, 1.82) is 0 Å². The number of hydrogen-bond donors (Lipinski definition) is 1. The fraction of sp³-hybridized carbons (Fsp3) is 0.333. The number of hydrogen-bond acceptors (Lipinski definition) is 5. The van der Waals surface area contributed by atoms with E-state index < -0.39 is 0 Å². The smallest absolute Gasteiger partial charge is 0.242 e. The highest BCUT2D eigenvalue weighted by Crippen LogP contribution is 2.38. The van der Waals surface area contributed by atoms with Crippen LogP contribution in [0.15, 0.2) is 54.0 Å². The molecule has 1 unspecified atom stereocenters. The molecule has 0 saturated carbocycles. The molecule has 0 spiro atoms. The van der Waals surface area contributed by atoms with Crippen LogP contribution in [-0.2, 0) is 35.6 Å². The number of aliphatic imine (C=N–C) groups is 1. The first-order valence-electron chi connectivity index (χ1n) is 10.7. The summed E-state index contributed by atoms with van der Waals surface area (Å²) in [6, 6.07) is 10.1. The van der Waals surface area contributed by atoms with Crippen LogP contribution in [-0.4, -0.2) is 39.5 Å². The maximum absolute atomic E-state index is 12.8. The minimum absolute atomic E-state index is 0.0155. The van der Waals surface area contributed by atoms with E-state index in [1.807, 2.05) is 35.2 Å². The van der Waals surface area contributed by atoms with Crippen molar-refractivity contribution in [3.05, 3.63) is 70.6 Å². The van der Waals surface area contributed by atoms with Crippen LogP contribution in [0.5, 0.6) is 0 Å². The number of amides is 2. The normalized spacial score (nSPS) is 14.0. The molecule has 3 heterocycles. The van der Waals surface area contributed by atoms with Crippen molar-refractivity contribution in [2.45, 2.75) is 45.3 Å². The van der Waals surface area contributed by atoms with Crippen LogP contribution in [0.2, 0.25) is 0 Å². The zero-order chi connectivity index (χ0) is 22.5. The number of fused-ring (bicyclic) bond motifs is 1. The zero-order valence-corrected chi connectivity index (χ0v) is 19.0. The van der Waals surface area contributed by atoms with Crippen molar-refractivity contribution in [2.75, 3.05) is 11.9 Å². The number of aromatic nitrogens is 2. The van der Waals surface area contributed by atoms with Gasteiger partial charge in [0.15, 0.2) is 0 Å². The Balaban J connectivity index is 1.45. The fourth-order valence-electron chi connectivity index (χ4n) is 4.05. The summed E-state index contributed by atoms with van der Waals surface area (Å²) in [6.07, 6.45) is 6.27. The van der Waals surface area contributed by atoms with E-state index in [4.69, 9.17) is 0 Å². The van der Waals surface area contributed by atoms with Crippen molar-refractivity contribution >= 4 is 34.9 Å². The Bertz CT molecular complexity index is 1090. The number of carbonyl (C=O) groups excluding carboxylic acids is 2. The molecule has 0 aliphatic carbocycles. The van der Waals surface area contributed by atoms with E-state index in [9.17, 15) is 9.59 Å². The molecule has 1 atom stereocenters. The monoisotopic (exact) mass is 449 g/mol. The summed E-state index contributed by atoms with van der Waals surface area (Å²) in [5.74, 6) is 0.175. The van der Waals surface area contributed by atoms with Crippen LogP contribution < -0.4 is 5.32 Å². The van der Waals surface area contributed by atoms with Gasteiger partial charge in [-0.15, -0.1) is 11.3 Å². The number of nitrogens with one attached hydrogen (secondary N) is 1. The molecule has 4 rings (SSSR count). The third-order valence-corrected chi connectivity index (χ3v) is 6.95. The lowest BCUT2D eigenvalue weighted by molar-refractivity contribution is -0.132. The largest absolute Gasteiger partial charge is 0.336 e. The Morgan fingerprint density at radius 1 is 1.31 bits per heavy atom. The molecule has 2 aromatic heterocycles. The van der Waals surface area contributed by atoms with E-state index in [-0.39, 0.29) is 24.3 Å². The van der Waals surface area contributed by atoms with Gasteiger partial charge >= 0.3 is 0 Å². The maximum Gasteiger partial charge on any atom is 0.242 e. The van der Waals surface area contributed by atoms with E-state index in [1.165, 1.54) is 5.56 Å². The van der Waals surface area contributed by atoms with Crippen molar-refractivity contribution < 1.29 is 9.59 Å². The number of rotatable bonds is 8. The first-order chi connectivity index (χ1) is 15.5. The number of imidazole rings is 1. The van der Waals surface area contributed by atoms with Gasteiger partial charge in [-0.2, -0.15) is 0 Å². The summed E-state index contributed by atoms with van der Waals surface area (Å²) in [6.45, 7) is 7.65. The second-order valence-electron chi connectivity index (χ2n) is 8.06. The number of thiophene rings is 1. The van der Waals surface area contributed by atoms with Gasteiger partial charge in [-0.25, -0.2) is 4.98 Å². The van der Waals surface area contributed by atoms with Crippen molar-refractivity contribution in [1.82, 2.24) is 14.5 Å². The summed E-state index contributed by atoms with van der Waals surface area (Å²) >= 11 is 1.55. The minimum atomic E-state index is -0.0155. The highest BCUT2D eigenvalue weighted by Gasteiger charge is 2.27. The Labute approximate surface area is 191 Å². The third kappa shape index (κ3) is 4.96. The molecule has 32 heavy (non-hydrogen) atoms. The summed E-state index contributed by atoms with van der Waals surface area (Å²) in [5, 5.41) is 3.94. The summed E-state index contributed by atoms with van der Waals surface area (Å²) in [5.41, 5.74) is 3.37. The van der Waals surface area contributed by atoms with Crippen LogP contribution in [0.25, 0.3) is 0 Å². The zero-order valence-electron chi connectivity index (χ0n) is 18.2. The van der Waals surface area contributed by atoms with Crippen LogP contribution in [0.1, 0.15) is 40.8 Å². The molecule has 1 aliphatic rings. The molecule has 8 heteroatoms. The van der Waals surface area contributed by atoms with Gasteiger partial charge in [0.25, 0.3) is 0 Å². The lowest BCUT2D eigenvalue weighted by Gasteiger charge is -2.27. The van der Waals surface area contributed by atoms with Crippen molar-refractivity contribution in [3.8, 4) is 0 Å². The van der Waals surface area contributed by atoms with E-state index in [0.29, 0.717) is 26.1 Å². The van der Waals surface area contributed by atoms with Gasteiger partial charge in [0.05, 0.1) is 19.4 Å². The van der Waals surface area contributed by atoms with E-state index in [2.05, 4.69) is 28.9 Å². The number of carbonyl (C=O) groups is 2. The molecule has 3 aromatic rings. The highest BCUT2D eigenvalue weighted by atomic mass is 32.1. The summed E-state index contributed by atoms with van der Waals surface area (Å²) in [7, 11) is 0. The topological polar surface area (TPSA) is 79.6 Å². The van der Waals surface area contributed by atoms with Gasteiger partial charge in [-0.05, 0) is 30.2 Å². The van der Waals surface area contributed by atoms with E-state index in [1.54, 1.807) is 34.6 Å². The fourth-order valence-corrected chi connectivity index (χ4v) is 5.34. The summed E-state index contributed by atoms with van der Waals surface area (Å²) in [4.78, 5) is 36.6. The molecule has 1 N–H and O–H groups in total. The molecule has 0 bridgehead atoms. The standard InChI is InChI=1S/C24H27N5O2S/c1-17(18-6-4-3-5-7-18)12-22(30)27-24-20(13-25-2)19-8-10-29(14-21(19)32-24)23(31)15-28-11-9-26-16-28/h3-7,9,11,16-17H,2,8,10,12-15H2,1H3,(H,27,30). The third-order valence-electron chi connectivity index (χ3n) is 5.78. The van der Waals surface area contributed by atoms with Crippen molar-refractivity contribution in [3.63, 3.8) is 0 Å². The second-order valence-corrected chi connectivity index (χ2v) is 9.16. The molecular formula is C24H27N5O2S. The SMILES string of the molecule is C=NCc1c(NC(=O)CC(C)c2ccccc2)sc2c1CCN(C(=O)Cn1ccnc1)C2. The van der Waals surface area contributed by atoms with Gasteiger partial charge in [0, 0.05) is 35.8 Å². The van der Waals surface area contributed by atoms with E-state index in [0.717, 1.165) is 27.4 Å². The quantitative estimate of drug-likeness (QED) is 0.530. The Hall–Kier alpha value is -3.26. The molecule has 7 nitrogen and oxygen atoms in total. The van der Waals surface area contributed by atoms with Crippen LogP contribution in [0, 0.1) is 0 Å². The number of anilines is 1. The van der Waals surface area contributed by atoms with Gasteiger partial charge in [0.2, 0.25) is 11.8 Å². The predicted molar refractivity (Wildman–Crippen MR) is 127 cm³/mol. The first-order valence-corrected chi connectivity index (χ1v) is 11.5. The molecule has 166 valence electrons. The van der Waals surface area contributed by atoms with Crippen LogP contribution >= 0.6 is 11.3 Å². The maximum atomic E-state index is 12.8. The Morgan fingerprint density at radius 2 is 2.12 bits per heavy atom. The van der Waals surface area contributed by atoms with Gasteiger partial charge in [-0.3, -0.25) is 14.6 Å². The van der Waals surface area contributed by atoms with Crippen molar-refractivity contribution in [2.24, 2.45) is 4.99 Å². The average Bonchev–Trinajstić information content (AvgIpc) is 3.42. The van der Waals surface area contributed by atoms with Gasteiger partial charge in [0.1, 0.15) is 11.5 Å². The molecule has 0 radical (unpaired) electrons. The molecular weight excluding hydrogens is 422 g/mol. The molecule has 0 saturated heterocycles. The molecule has 1 aromatic carbocycles. The summed E-state index contributed by atoms with van der Waals surface area (Å²) < 4.78 is 1.78. The lowest BCUT2D eigenvalue weighted by Crippen LogP contribution is -2.37. The van der Waals surface area contributed by atoms with Crippen LogP contribution in [0.3, 0.4) is 0 Å². The predicted octanol–water partition coefficient (Wildman–Crippen LogP) is 3.86. The Kier molecular flexibility index (Phi) is 6.80. The Morgan fingerprint density at radius 3 is 2.84 bits per heavy atom.